The first-order chi connectivity index (χ1) is 6.76. The minimum atomic E-state index is -1.73. The standard InChI is InChI=1S/C6H16O3Si.C3H7I/c1-4-7-10(8-5-2)9-6-3;1-2-3-4/h10H,4-6H2,1-3H3;2-3H2,1H3. The molecule has 0 N–H and O–H groups in total. The zero-order valence-corrected chi connectivity index (χ0v) is 13.0. The van der Waals surface area contributed by atoms with Crippen molar-refractivity contribution in [3.63, 3.8) is 0 Å². The second-order valence-electron chi connectivity index (χ2n) is 2.34. The summed E-state index contributed by atoms with van der Waals surface area (Å²) in [5.74, 6) is 0. The summed E-state index contributed by atoms with van der Waals surface area (Å²) < 4.78 is 16.9. The lowest BCUT2D eigenvalue weighted by atomic mass is 10.6. The van der Waals surface area contributed by atoms with Crippen LogP contribution in [0.25, 0.3) is 0 Å². The van der Waals surface area contributed by atoms with Crippen molar-refractivity contribution in [2.75, 3.05) is 24.2 Å². The molecule has 0 aromatic carbocycles. The summed E-state index contributed by atoms with van der Waals surface area (Å²) in [5.41, 5.74) is 0. The summed E-state index contributed by atoms with van der Waals surface area (Å²) in [6.07, 6.45) is 1.31. The Balaban J connectivity index is 0. The van der Waals surface area contributed by atoms with E-state index >= 15 is 0 Å². The van der Waals surface area contributed by atoms with Gasteiger partial charge in [-0.15, -0.1) is 0 Å². The molecular weight excluding hydrogens is 311 g/mol. The van der Waals surface area contributed by atoms with E-state index in [1.807, 2.05) is 20.8 Å². The summed E-state index contributed by atoms with van der Waals surface area (Å²) in [4.78, 5) is 0. The van der Waals surface area contributed by atoms with Gasteiger partial charge in [-0.1, -0.05) is 29.5 Å². The van der Waals surface area contributed by atoms with Crippen molar-refractivity contribution in [1.82, 2.24) is 0 Å². The van der Waals surface area contributed by atoms with E-state index in [2.05, 4.69) is 29.5 Å². The largest absolute Gasteiger partial charge is 0.484 e. The molecule has 0 amide bonds. The summed E-state index contributed by atoms with van der Waals surface area (Å²) in [6.45, 7) is 10.0. The Morgan fingerprint density at radius 1 is 0.857 bits per heavy atom. The number of halogens is 1. The molecule has 5 heteroatoms. The van der Waals surface area contributed by atoms with Gasteiger partial charge in [-0.2, -0.15) is 0 Å². The average Bonchev–Trinajstić information content (AvgIpc) is 2.20. The van der Waals surface area contributed by atoms with Crippen molar-refractivity contribution in [3.8, 4) is 0 Å². The van der Waals surface area contributed by atoms with Crippen molar-refractivity contribution in [3.05, 3.63) is 0 Å². The Morgan fingerprint density at radius 3 is 1.29 bits per heavy atom. The molecule has 0 unspecified atom stereocenters. The van der Waals surface area contributed by atoms with Gasteiger partial charge in [-0.05, 0) is 31.6 Å². The molecule has 0 spiro atoms. The van der Waals surface area contributed by atoms with Gasteiger partial charge in [-0.25, -0.2) is 0 Å². The van der Waals surface area contributed by atoms with Crippen molar-refractivity contribution < 1.29 is 13.3 Å². The zero-order valence-electron chi connectivity index (χ0n) is 9.72. The van der Waals surface area contributed by atoms with Crippen LogP contribution in [0, 0.1) is 0 Å². The second-order valence-corrected chi connectivity index (χ2v) is 5.00. The summed E-state index contributed by atoms with van der Waals surface area (Å²) in [6, 6.07) is 0. The number of alkyl halides is 1. The normalized spacial score (nSPS) is 9.86. The van der Waals surface area contributed by atoms with Gasteiger partial charge in [0.15, 0.2) is 0 Å². The predicted molar refractivity (Wildman–Crippen MR) is 71.2 cm³/mol. The van der Waals surface area contributed by atoms with E-state index in [0.29, 0.717) is 19.8 Å². The van der Waals surface area contributed by atoms with Crippen LogP contribution in [-0.2, 0) is 13.3 Å². The van der Waals surface area contributed by atoms with E-state index in [9.17, 15) is 0 Å². The number of hydrogen-bond donors (Lipinski definition) is 0. The highest BCUT2D eigenvalue weighted by Gasteiger charge is 2.11. The fourth-order valence-corrected chi connectivity index (χ4v) is 1.66. The number of hydrogen-bond acceptors (Lipinski definition) is 3. The zero-order chi connectivity index (χ0) is 11.2. The first-order valence-electron chi connectivity index (χ1n) is 5.17. The second kappa shape index (κ2) is 16.3. The molecule has 0 aromatic heterocycles. The van der Waals surface area contributed by atoms with Crippen LogP contribution in [0.3, 0.4) is 0 Å². The monoisotopic (exact) mass is 334 g/mol. The highest BCUT2D eigenvalue weighted by Crippen LogP contribution is 1.91. The van der Waals surface area contributed by atoms with E-state index in [1.54, 1.807) is 0 Å². The topological polar surface area (TPSA) is 27.7 Å². The molecule has 88 valence electrons. The molecule has 0 bridgehead atoms. The van der Waals surface area contributed by atoms with Gasteiger partial charge in [0.2, 0.25) is 0 Å². The highest BCUT2D eigenvalue weighted by molar-refractivity contribution is 14.1. The van der Waals surface area contributed by atoms with Crippen molar-refractivity contribution in [2.45, 2.75) is 34.1 Å². The van der Waals surface area contributed by atoms with Crippen LogP contribution in [0.15, 0.2) is 0 Å². The Hall–Kier alpha value is 0.827. The molecule has 3 nitrogen and oxygen atoms in total. The quantitative estimate of drug-likeness (QED) is 0.407. The average molecular weight is 334 g/mol. The van der Waals surface area contributed by atoms with Crippen LogP contribution in [-0.4, -0.2) is 33.8 Å². The molecule has 0 rings (SSSR count). The fourth-order valence-electron chi connectivity index (χ4n) is 0.553. The third-order valence-electron chi connectivity index (χ3n) is 1.10. The molecule has 0 saturated carbocycles. The molecule has 0 aromatic rings. The van der Waals surface area contributed by atoms with Crippen molar-refractivity contribution in [1.29, 1.82) is 0 Å². The van der Waals surface area contributed by atoms with Gasteiger partial charge in [0.1, 0.15) is 0 Å². The molecule has 14 heavy (non-hydrogen) atoms. The van der Waals surface area contributed by atoms with E-state index in [4.69, 9.17) is 13.3 Å². The minimum Gasteiger partial charge on any atom is -0.376 e. The molecular formula is C9H23IO3Si. The van der Waals surface area contributed by atoms with Crippen LogP contribution >= 0.6 is 22.6 Å². The minimum absolute atomic E-state index is 0.677. The van der Waals surface area contributed by atoms with Gasteiger partial charge in [0, 0.05) is 19.8 Å². The van der Waals surface area contributed by atoms with E-state index < -0.39 is 9.53 Å². The van der Waals surface area contributed by atoms with Crippen molar-refractivity contribution in [2.24, 2.45) is 0 Å². The van der Waals surface area contributed by atoms with E-state index in [0.717, 1.165) is 0 Å². The molecule has 0 radical (unpaired) electrons. The highest BCUT2D eigenvalue weighted by atomic mass is 127. The first kappa shape index (κ1) is 17.2. The maximum absolute atomic E-state index is 5.22. The van der Waals surface area contributed by atoms with E-state index in [-0.39, 0.29) is 0 Å². The van der Waals surface area contributed by atoms with Gasteiger partial charge in [-0.3, -0.25) is 0 Å². The van der Waals surface area contributed by atoms with Crippen LogP contribution in [0.2, 0.25) is 0 Å². The van der Waals surface area contributed by atoms with Crippen LogP contribution in [0.4, 0.5) is 0 Å². The molecule has 0 atom stereocenters. The van der Waals surface area contributed by atoms with Gasteiger partial charge in [0.05, 0.1) is 0 Å². The molecule has 0 saturated heterocycles. The third-order valence-corrected chi connectivity index (χ3v) is 3.99. The Morgan fingerprint density at radius 2 is 1.14 bits per heavy atom. The molecule has 0 aliphatic carbocycles. The molecule has 0 aliphatic heterocycles. The Labute approximate surface area is 104 Å². The van der Waals surface area contributed by atoms with Gasteiger partial charge < -0.3 is 13.3 Å². The lowest BCUT2D eigenvalue weighted by molar-refractivity contribution is 0.107. The first-order valence-corrected chi connectivity index (χ1v) is 8.11. The Bertz CT molecular complexity index is 79.9. The summed E-state index contributed by atoms with van der Waals surface area (Å²) >= 11 is 2.35. The van der Waals surface area contributed by atoms with Crippen LogP contribution in [0.5, 0.6) is 0 Å². The van der Waals surface area contributed by atoms with Crippen molar-refractivity contribution >= 4 is 32.1 Å². The predicted octanol–water partition coefficient (Wildman–Crippen LogP) is 2.64. The fraction of sp³-hybridized carbons (Fsp3) is 1.00. The summed E-state index contributed by atoms with van der Waals surface area (Å²) in [5, 5.41) is 0. The van der Waals surface area contributed by atoms with E-state index in [1.165, 1.54) is 10.8 Å². The Kier molecular flexibility index (Phi) is 20.0. The SMILES string of the molecule is CCCI.CCO[SiH](OCC)OCC. The summed E-state index contributed by atoms with van der Waals surface area (Å²) in [7, 11) is -1.73. The smallest absolute Gasteiger partial charge is 0.376 e. The number of rotatable bonds is 7. The molecule has 0 fully saturated rings. The van der Waals surface area contributed by atoms with Crippen LogP contribution < -0.4 is 0 Å². The third kappa shape index (κ3) is 15.3. The van der Waals surface area contributed by atoms with Crippen LogP contribution in [0.1, 0.15) is 34.1 Å². The lowest BCUT2D eigenvalue weighted by Gasteiger charge is -2.12. The van der Waals surface area contributed by atoms with Gasteiger partial charge >= 0.3 is 9.53 Å². The lowest BCUT2D eigenvalue weighted by Crippen LogP contribution is -2.27. The maximum Gasteiger partial charge on any atom is 0.484 e. The maximum atomic E-state index is 5.22. The molecule has 0 heterocycles. The van der Waals surface area contributed by atoms with Gasteiger partial charge in [0.25, 0.3) is 0 Å². The molecule has 0 aliphatic rings.